The highest BCUT2D eigenvalue weighted by Gasteiger charge is 2.45. The number of Topliss-reactive ketones (excluding diaryl/α,β-unsaturated/α-hetero) is 1. The van der Waals surface area contributed by atoms with Crippen molar-refractivity contribution < 1.29 is 22.7 Å². The number of hydrogen-bond acceptors (Lipinski definition) is 5. The van der Waals surface area contributed by atoms with Gasteiger partial charge in [0, 0.05) is 43.5 Å². The average molecular weight is 445 g/mol. The van der Waals surface area contributed by atoms with E-state index in [1.54, 1.807) is 12.1 Å². The Hall–Kier alpha value is -1.000. The normalized spacial score (nSPS) is 24.3. The number of morpholine rings is 1. The van der Waals surface area contributed by atoms with Gasteiger partial charge in [0.05, 0.1) is 25.2 Å². The lowest BCUT2D eigenvalue weighted by molar-refractivity contribution is 0.00389. The number of carbonyl (C=O) groups excluding carboxylic acids is 1. The Kier molecular flexibility index (Phi) is 4.85. The van der Waals surface area contributed by atoms with Crippen LogP contribution in [-0.4, -0.2) is 67.8 Å². The van der Waals surface area contributed by atoms with Crippen LogP contribution in [-0.2, 0) is 14.9 Å². The second-order valence-corrected chi connectivity index (χ2v) is 9.79. The van der Waals surface area contributed by atoms with Crippen molar-refractivity contribution in [3.8, 4) is 5.75 Å². The van der Waals surface area contributed by atoms with Crippen molar-refractivity contribution in [2.45, 2.75) is 24.9 Å². The molecule has 1 spiro atoms. The van der Waals surface area contributed by atoms with Crippen LogP contribution in [0.1, 0.15) is 29.6 Å². The Morgan fingerprint density at radius 3 is 2.38 bits per heavy atom. The summed E-state index contributed by atoms with van der Waals surface area (Å²) in [7, 11) is -3.48. The molecule has 0 atom stereocenters. The van der Waals surface area contributed by atoms with E-state index in [0.29, 0.717) is 70.0 Å². The van der Waals surface area contributed by atoms with Crippen molar-refractivity contribution in [1.82, 2.24) is 8.61 Å². The summed E-state index contributed by atoms with van der Waals surface area (Å²) < 4.78 is 40.9. The Balaban J connectivity index is 1.48. The number of hydrogen-bond donors (Lipinski definition) is 0. The van der Waals surface area contributed by atoms with Crippen LogP contribution < -0.4 is 4.74 Å². The summed E-state index contributed by atoms with van der Waals surface area (Å²) >= 11 is 3.38. The molecule has 9 heteroatoms. The van der Waals surface area contributed by atoms with Crippen molar-refractivity contribution in [3.63, 3.8) is 0 Å². The number of piperidine rings is 1. The lowest BCUT2D eigenvalue weighted by Gasteiger charge is -2.44. The van der Waals surface area contributed by atoms with E-state index in [1.807, 2.05) is 6.07 Å². The van der Waals surface area contributed by atoms with Crippen LogP contribution in [0.2, 0.25) is 0 Å². The second-order valence-electron chi connectivity index (χ2n) is 6.94. The van der Waals surface area contributed by atoms with E-state index in [0.717, 1.165) is 4.47 Å². The molecule has 0 N–H and O–H groups in total. The first kappa shape index (κ1) is 18.4. The predicted octanol–water partition coefficient (Wildman–Crippen LogP) is 1.83. The summed E-state index contributed by atoms with van der Waals surface area (Å²) in [6.07, 6.45) is 1.32. The minimum Gasteiger partial charge on any atom is -0.486 e. The van der Waals surface area contributed by atoms with Gasteiger partial charge in [-0.05, 0) is 18.2 Å². The van der Waals surface area contributed by atoms with Gasteiger partial charge in [-0.2, -0.15) is 17.0 Å². The Labute approximate surface area is 161 Å². The zero-order valence-electron chi connectivity index (χ0n) is 14.3. The number of carbonyl (C=O) groups is 1. The number of ether oxygens (including phenoxy) is 2. The fourth-order valence-corrected chi connectivity index (χ4v) is 5.75. The summed E-state index contributed by atoms with van der Waals surface area (Å²) in [5.74, 6) is 0.644. The quantitative estimate of drug-likeness (QED) is 0.695. The largest absolute Gasteiger partial charge is 0.486 e. The molecule has 0 aromatic heterocycles. The molecule has 0 amide bonds. The lowest BCUT2D eigenvalue weighted by Crippen LogP contribution is -2.56. The smallest absolute Gasteiger partial charge is 0.282 e. The number of halogens is 1. The molecule has 0 radical (unpaired) electrons. The molecule has 0 aliphatic carbocycles. The Bertz CT molecular complexity index is 814. The molecule has 3 heterocycles. The van der Waals surface area contributed by atoms with Gasteiger partial charge in [0.25, 0.3) is 10.2 Å². The summed E-state index contributed by atoms with van der Waals surface area (Å²) in [6, 6.07) is 5.43. The summed E-state index contributed by atoms with van der Waals surface area (Å²) in [6.45, 7) is 2.36. The monoisotopic (exact) mass is 444 g/mol. The summed E-state index contributed by atoms with van der Waals surface area (Å²) in [5.41, 5.74) is -0.0112. The van der Waals surface area contributed by atoms with Gasteiger partial charge in [0.1, 0.15) is 11.4 Å². The molecule has 0 saturated carbocycles. The molecule has 3 aliphatic heterocycles. The highest BCUT2D eigenvalue weighted by molar-refractivity contribution is 9.10. The van der Waals surface area contributed by atoms with Crippen LogP contribution >= 0.6 is 15.9 Å². The molecule has 1 aromatic rings. The van der Waals surface area contributed by atoms with Crippen LogP contribution in [0.15, 0.2) is 22.7 Å². The fourth-order valence-electron chi connectivity index (χ4n) is 3.81. The molecular weight excluding hydrogens is 424 g/mol. The minimum atomic E-state index is -3.48. The minimum absolute atomic E-state index is 0.0528. The zero-order valence-corrected chi connectivity index (χ0v) is 16.7. The molecule has 0 bridgehead atoms. The first-order valence-corrected chi connectivity index (χ1v) is 10.9. The zero-order chi connectivity index (χ0) is 18.4. The van der Waals surface area contributed by atoms with Crippen molar-refractivity contribution in [3.05, 3.63) is 28.2 Å². The highest BCUT2D eigenvalue weighted by Crippen LogP contribution is 2.40. The van der Waals surface area contributed by atoms with Gasteiger partial charge in [0.2, 0.25) is 0 Å². The first-order chi connectivity index (χ1) is 12.4. The van der Waals surface area contributed by atoms with Gasteiger partial charge in [-0.3, -0.25) is 4.79 Å². The van der Waals surface area contributed by atoms with Gasteiger partial charge in [0.15, 0.2) is 5.78 Å². The molecule has 7 nitrogen and oxygen atoms in total. The molecule has 4 rings (SSSR count). The number of nitrogens with zero attached hydrogens (tertiary/aromatic N) is 2. The van der Waals surface area contributed by atoms with Crippen molar-refractivity contribution >= 4 is 31.9 Å². The highest BCUT2D eigenvalue weighted by atomic mass is 79.9. The van der Waals surface area contributed by atoms with E-state index in [1.165, 1.54) is 8.61 Å². The standard InChI is InChI=1S/C17H21BrN2O5S/c18-13-1-2-16-14(11-13)15(21)12-17(25-16)3-5-19(6-4-17)26(22,23)20-7-9-24-10-8-20/h1-2,11H,3-10,12H2. The lowest BCUT2D eigenvalue weighted by atomic mass is 9.83. The predicted molar refractivity (Wildman–Crippen MR) is 98.6 cm³/mol. The van der Waals surface area contributed by atoms with Crippen molar-refractivity contribution in [2.75, 3.05) is 39.4 Å². The maximum atomic E-state index is 12.8. The van der Waals surface area contributed by atoms with Gasteiger partial charge >= 0.3 is 0 Å². The SMILES string of the molecule is O=C1CC2(CCN(S(=O)(=O)N3CCOCC3)CC2)Oc2ccc(Br)cc21. The molecule has 3 aliphatic rings. The summed E-state index contributed by atoms with van der Waals surface area (Å²) in [5, 5.41) is 0. The third-order valence-corrected chi connectivity index (χ3v) is 7.84. The van der Waals surface area contributed by atoms with Gasteiger partial charge in [-0.1, -0.05) is 15.9 Å². The number of benzene rings is 1. The number of rotatable bonds is 2. The van der Waals surface area contributed by atoms with Crippen LogP contribution in [0.4, 0.5) is 0 Å². The first-order valence-electron chi connectivity index (χ1n) is 8.74. The van der Waals surface area contributed by atoms with E-state index in [2.05, 4.69) is 15.9 Å². The van der Waals surface area contributed by atoms with Crippen LogP contribution in [0.5, 0.6) is 5.75 Å². The van der Waals surface area contributed by atoms with E-state index in [-0.39, 0.29) is 5.78 Å². The van der Waals surface area contributed by atoms with Crippen LogP contribution in [0, 0.1) is 0 Å². The molecule has 0 unspecified atom stereocenters. The Morgan fingerprint density at radius 1 is 1.04 bits per heavy atom. The second kappa shape index (κ2) is 6.87. The maximum Gasteiger partial charge on any atom is 0.282 e. The molecular formula is C17H21BrN2O5S. The van der Waals surface area contributed by atoms with Crippen LogP contribution in [0.25, 0.3) is 0 Å². The van der Waals surface area contributed by atoms with Gasteiger partial charge in [-0.25, -0.2) is 0 Å². The average Bonchev–Trinajstić information content (AvgIpc) is 2.64. The topological polar surface area (TPSA) is 76.2 Å². The Morgan fingerprint density at radius 2 is 1.69 bits per heavy atom. The van der Waals surface area contributed by atoms with Gasteiger partial charge < -0.3 is 9.47 Å². The molecule has 2 fully saturated rings. The third kappa shape index (κ3) is 3.31. The molecule has 2 saturated heterocycles. The van der Waals surface area contributed by atoms with E-state index in [4.69, 9.17) is 9.47 Å². The molecule has 26 heavy (non-hydrogen) atoms. The summed E-state index contributed by atoms with van der Waals surface area (Å²) in [4.78, 5) is 12.6. The molecule has 142 valence electrons. The van der Waals surface area contributed by atoms with Crippen molar-refractivity contribution in [2.24, 2.45) is 0 Å². The van der Waals surface area contributed by atoms with E-state index < -0.39 is 15.8 Å². The molecule has 1 aromatic carbocycles. The fraction of sp³-hybridized carbons (Fsp3) is 0.588. The number of fused-ring (bicyclic) bond motifs is 1. The van der Waals surface area contributed by atoms with Crippen LogP contribution in [0.3, 0.4) is 0 Å². The third-order valence-electron chi connectivity index (χ3n) is 5.31. The van der Waals surface area contributed by atoms with E-state index in [9.17, 15) is 13.2 Å². The van der Waals surface area contributed by atoms with E-state index >= 15 is 0 Å². The van der Waals surface area contributed by atoms with Crippen molar-refractivity contribution in [1.29, 1.82) is 0 Å². The van der Waals surface area contributed by atoms with Gasteiger partial charge in [-0.15, -0.1) is 0 Å². The maximum absolute atomic E-state index is 12.8. The number of ketones is 1.